The Labute approximate surface area is 172 Å². The number of nitrogens with two attached hydrogens (primary N) is 1. The predicted molar refractivity (Wildman–Crippen MR) is 114 cm³/mol. The lowest BCUT2D eigenvalue weighted by molar-refractivity contribution is -0.0955. The van der Waals surface area contributed by atoms with Crippen molar-refractivity contribution >= 4 is 19.4 Å². The summed E-state index contributed by atoms with van der Waals surface area (Å²) < 4.78 is 5.79. The number of nitrogens with zero attached hydrogens (tertiary/aromatic N) is 1. The quantitative estimate of drug-likeness (QED) is 0.217. The maximum absolute atomic E-state index is 12.6. The zero-order valence-electron chi connectivity index (χ0n) is 17.1. The molecule has 3 saturated carbocycles. The molecule has 1 amide bonds. The van der Waals surface area contributed by atoms with Gasteiger partial charge in [-0.1, -0.05) is 12.1 Å². The number of aliphatic imine (C=N–C) groups is 1. The van der Waals surface area contributed by atoms with Crippen molar-refractivity contribution in [1.82, 2.24) is 5.32 Å². The highest BCUT2D eigenvalue weighted by Crippen LogP contribution is 2.54. The first-order chi connectivity index (χ1) is 13.9. The highest BCUT2D eigenvalue weighted by molar-refractivity contribution is 6.43. The van der Waals surface area contributed by atoms with E-state index >= 15 is 0 Å². The topological polar surface area (TPSA) is 117 Å². The van der Waals surface area contributed by atoms with Crippen molar-refractivity contribution in [3.05, 3.63) is 35.4 Å². The van der Waals surface area contributed by atoms with Gasteiger partial charge in [-0.3, -0.25) is 9.79 Å². The molecule has 3 aliphatic rings. The summed E-state index contributed by atoms with van der Waals surface area (Å²) in [6.07, 6.45) is 8.87. The van der Waals surface area contributed by atoms with Crippen LogP contribution in [0.2, 0.25) is 0 Å². The molecule has 8 heteroatoms. The SMILES string of the molecule is COC12CCC(c3ccc(C(=O)NC(CCCN=CN)B(O)O)cc3)(CC1)CC2. The third kappa shape index (κ3) is 4.82. The number of methoxy groups -OCH3 is 1. The number of hydrogen-bond donors (Lipinski definition) is 4. The van der Waals surface area contributed by atoms with Gasteiger partial charge in [0.05, 0.1) is 17.9 Å². The largest absolute Gasteiger partial charge is 0.475 e. The number of nitrogens with one attached hydrogen (secondary N) is 1. The van der Waals surface area contributed by atoms with Crippen LogP contribution in [0.4, 0.5) is 0 Å². The number of ether oxygens (including phenoxy) is 1. The minimum absolute atomic E-state index is 0.0805. The summed E-state index contributed by atoms with van der Waals surface area (Å²) in [5.74, 6) is -1.05. The molecular formula is C21H32BN3O4. The first-order valence-corrected chi connectivity index (χ1v) is 10.5. The molecule has 5 N–H and O–H groups in total. The van der Waals surface area contributed by atoms with Crippen molar-refractivity contribution < 1.29 is 19.6 Å². The second-order valence-electron chi connectivity index (χ2n) is 8.44. The Kier molecular flexibility index (Phi) is 6.98. The molecule has 3 fully saturated rings. The predicted octanol–water partition coefficient (Wildman–Crippen LogP) is 1.55. The summed E-state index contributed by atoms with van der Waals surface area (Å²) in [7, 11) is 0.206. The smallest absolute Gasteiger partial charge is 0.426 e. The normalized spacial score (nSPS) is 27.1. The van der Waals surface area contributed by atoms with Gasteiger partial charge in [-0.2, -0.15) is 0 Å². The lowest BCUT2D eigenvalue weighted by atomic mass is 9.56. The Morgan fingerprint density at radius 1 is 1.24 bits per heavy atom. The summed E-state index contributed by atoms with van der Waals surface area (Å²) in [6.45, 7) is 0.483. The van der Waals surface area contributed by atoms with Gasteiger partial charge < -0.3 is 25.8 Å². The van der Waals surface area contributed by atoms with E-state index in [4.69, 9.17) is 10.5 Å². The minimum Gasteiger partial charge on any atom is -0.426 e. The van der Waals surface area contributed by atoms with Crippen LogP contribution in [0, 0.1) is 0 Å². The number of benzene rings is 1. The number of carbonyl (C=O) groups is 1. The Hall–Kier alpha value is -1.90. The fraction of sp³-hybridized carbons (Fsp3) is 0.619. The Bertz CT molecular complexity index is 699. The number of amides is 1. The summed E-state index contributed by atoms with van der Waals surface area (Å²) in [6, 6.07) is 7.79. The second-order valence-corrected chi connectivity index (χ2v) is 8.44. The maximum atomic E-state index is 12.6. The van der Waals surface area contributed by atoms with Crippen molar-refractivity contribution in [3.8, 4) is 0 Å². The van der Waals surface area contributed by atoms with Gasteiger partial charge in [0.15, 0.2) is 0 Å². The maximum Gasteiger partial charge on any atom is 0.475 e. The van der Waals surface area contributed by atoms with Crippen molar-refractivity contribution in [2.24, 2.45) is 10.7 Å². The van der Waals surface area contributed by atoms with Gasteiger partial charge in [0, 0.05) is 19.2 Å². The lowest BCUT2D eigenvalue weighted by Crippen LogP contribution is -2.49. The van der Waals surface area contributed by atoms with Crippen LogP contribution < -0.4 is 11.1 Å². The molecule has 1 atom stereocenters. The van der Waals surface area contributed by atoms with E-state index in [1.54, 1.807) is 0 Å². The molecule has 7 nitrogen and oxygen atoms in total. The highest BCUT2D eigenvalue weighted by Gasteiger charge is 2.49. The fourth-order valence-electron chi connectivity index (χ4n) is 4.89. The summed E-state index contributed by atoms with van der Waals surface area (Å²) in [5, 5.41) is 21.8. The molecule has 4 rings (SSSR count). The van der Waals surface area contributed by atoms with Crippen LogP contribution in [0.25, 0.3) is 0 Å². The third-order valence-electron chi connectivity index (χ3n) is 6.95. The summed E-state index contributed by atoms with van der Waals surface area (Å²) >= 11 is 0. The van der Waals surface area contributed by atoms with E-state index in [0.717, 1.165) is 38.5 Å². The zero-order chi connectivity index (χ0) is 20.9. The molecule has 0 aromatic heterocycles. The molecule has 3 aliphatic carbocycles. The standard InChI is InChI=1S/C21H32BN3O4/c1-29-21-11-8-20(9-12-21,10-13-21)17-6-4-16(5-7-17)19(26)25-18(22(27)28)3-2-14-24-15-23/h4-7,15,18,27-28H,2-3,8-14H2,1H3,(H2,23,24)(H,25,26). The van der Waals surface area contributed by atoms with Crippen molar-refractivity contribution in [3.63, 3.8) is 0 Å². The van der Waals surface area contributed by atoms with Crippen LogP contribution in [-0.2, 0) is 10.2 Å². The van der Waals surface area contributed by atoms with Crippen LogP contribution >= 0.6 is 0 Å². The average molecular weight is 401 g/mol. The van der Waals surface area contributed by atoms with Gasteiger partial charge in [-0.15, -0.1) is 0 Å². The Morgan fingerprint density at radius 2 is 1.86 bits per heavy atom. The molecule has 0 spiro atoms. The molecule has 1 unspecified atom stereocenters. The van der Waals surface area contributed by atoms with E-state index < -0.39 is 13.1 Å². The van der Waals surface area contributed by atoms with Gasteiger partial charge in [-0.05, 0) is 74.5 Å². The van der Waals surface area contributed by atoms with E-state index in [0.29, 0.717) is 24.9 Å². The van der Waals surface area contributed by atoms with Crippen LogP contribution in [-0.4, -0.2) is 54.6 Å². The molecule has 1 aromatic carbocycles. The van der Waals surface area contributed by atoms with E-state index in [2.05, 4.69) is 22.4 Å². The van der Waals surface area contributed by atoms with Crippen LogP contribution in [0.15, 0.2) is 29.3 Å². The minimum atomic E-state index is -1.62. The van der Waals surface area contributed by atoms with E-state index in [1.807, 2.05) is 19.2 Å². The highest BCUT2D eigenvalue weighted by atomic mass is 16.5. The van der Waals surface area contributed by atoms with Crippen molar-refractivity contribution in [2.45, 2.75) is 68.3 Å². The zero-order valence-corrected chi connectivity index (χ0v) is 17.1. The number of hydrogen-bond acceptors (Lipinski definition) is 5. The van der Waals surface area contributed by atoms with E-state index in [9.17, 15) is 14.8 Å². The monoisotopic (exact) mass is 401 g/mol. The molecule has 0 saturated heterocycles. The van der Waals surface area contributed by atoms with Gasteiger partial charge in [0.1, 0.15) is 0 Å². The van der Waals surface area contributed by atoms with Gasteiger partial charge >= 0.3 is 7.12 Å². The second kappa shape index (κ2) is 9.28. The van der Waals surface area contributed by atoms with Crippen molar-refractivity contribution in [1.29, 1.82) is 0 Å². The Balaban J connectivity index is 1.61. The first kappa shape index (κ1) is 21.8. The first-order valence-electron chi connectivity index (χ1n) is 10.5. The fourth-order valence-corrected chi connectivity index (χ4v) is 4.89. The molecule has 0 radical (unpaired) electrons. The summed E-state index contributed by atoms with van der Waals surface area (Å²) in [5.41, 5.74) is 7.29. The molecule has 0 aliphatic heterocycles. The van der Waals surface area contributed by atoms with Crippen molar-refractivity contribution in [2.75, 3.05) is 13.7 Å². The molecule has 2 bridgehead atoms. The number of carbonyl (C=O) groups excluding carboxylic acids is 1. The lowest BCUT2D eigenvalue weighted by Gasteiger charge is -2.53. The number of rotatable bonds is 9. The van der Waals surface area contributed by atoms with Gasteiger partial charge in [0.25, 0.3) is 5.91 Å². The van der Waals surface area contributed by atoms with Gasteiger partial charge in [-0.25, -0.2) is 0 Å². The molecule has 158 valence electrons. The van der Waals surface area contributed by atoms with Crippen LogP contribution in [0.1, 0.15) is 67.3 Å². The van der Waals surface area contributed by atoms with E-state index in [1.165, 1.54) is 11.9 Å². The van der Waals surface area contributed by atoms with Crippen LogP contribution in [0.3, 0.4) is 0 Å². The molecule has 1 aromatic rings. The average Bonchev–Trinajstić information content (AvgIpc) is 2.77. The van der Waals surface area contributed by atoms with Crippen LogP contribution in [0.5, 0.6) is 0 Å². The third-order valence-corrected chi connectivity index (χ3v) is 6.95. The molecular weight excluding hydrogens is 369 g/mol. The summed E-state index contributed by atoms with van der Waals surface area (Å²) in [4.78, 5) is 16.5. The van der Waals surface area contributed by atoms with Gasteiger partial charge in [0.2, 0.25) is 0 Å². The Morgan fingerprint density at radius 3 is 2.38 bits per heavy atom. The number of fused-ring (bicyclic) bond motifs is 3. The molecule has 0 heterocycles. The van der Waals surface area contributed by atoms with E-state index in [-0.39, 0.29) is 16.9 Å². The molecule has 29 heavy (non-hydrogen) atoms.